The van der Waals surface area contributed by atoms with Crippen LogP contribution in [0.15, 0.2) is 24.3 Å². The average molecular weight is 179 g/mol. The summed E-state index contributed by atoms with van der Waals surface area (Å²) >= 11 is 0. The molecule has 2 atom stereocenters. The van der Waals surface area contributed by atoms with Gasteiger partial charge in [-0.15, -0.1) is 0 Å². The third-order valence-electron chi connectivity index (χ3n) is 2.60. The van der Waals surface area contributed by atoms with Crippen molar-refractivity contribution in [1.82, 2.24) is 5.32 Å². The highest BCUT2D eigenvalue weighted by molar-refractivity contribution is 5.21. The maximum atomic E-state index is 12.9. The summed E-state index contributed by atoms with van der Waals surface area (Å²) in [4.78, 5) is 0. The molecular weight excluding hydrogens is 165 g/mol. The Kier molecular flexibility index (Phi) is 2.32. The van der Waals surface area contributed by atoms with Crippen LogP contribution in [0.1, 0.15) is 24.9 Å². The van der Waals surface area contributed by atoms with Crippen molar-refractivity contribution in [3.05, 3.63) is 35.6 Å². The maximum absolute atomic E-state index is 12.9. The van der Waals surface area contributed by atoms with Gasteiger partial charge in [0.15, 0.2) is 0 Å². The molecule has 0 saturated carbocycles. The molecule has 1 aromatic rings. The first kappa shape index (κ1) is 8.70. The van der Waals surface area contributed by atoms with E-state index in [0.29, 0.717) is 12.0 Å². The van der Waals surface area contributed by atoms with Crippen molar-refractivity contribution in [2.45, 2.75) is 19.4 Å². The summed E-state index contributed by atoms with van der Waals surface area (Å²) in [5.41, 5.74) is 1.07. The average Bonchev–Trinajstić information content (AvgIpc) is 2.52. The molecule has 1 heterocycles. The Hall–Kier alpha value is -0.890. The van der Waals surface area contributed by atoms with Crippen LogP contribution in [0.25, 0.3) is 0 Å². The zero-order valence-corrected chi connectivity index (χ0v) is 7.76. The highest BCUT2D eigenvalue weighted by Gasteiger charge is 2.21. The normalized spacial score (nSPS) is 27.8. The Labute approximate surface area is 78.0 Å². The lowest BCUT2D eigenvalue weighted by molar-refractivity contribution is 0.594. The standard InChI is InChI=1S/C11H14FN/c1-8-5-11(13-7-8)9-3-2-4-10(12)6-9/h2-4,6,8,11,13H,5,7H2,1H3/t8-,11+/m1/s1. The molecule has 1 aliphatic heterocycles. The molecule has 0 bridgehead atoms. The largest absolute Gasteiger partial charge is 0.310 e. The molecule has 1 saturated heterocycles. The van der Waals surface area contributed by atoms with Crippen LogP contribution >= 0.6 is 0 Å². The zero-order chi connectivity index (χ0) is 9.26. The molecule has 2 rings (SSSR count). The van der Waals surface area contributed by atoms with Gasteiger partial charge in [-0.25, -0.2) is 4.39 Å². The molecule has 1 nitrogen and oxygen atoms in total. The fraction of sp³-hybridized carbons (Fsp3) is 0.455. The molecule has 1 aliphatic rings. The Morgan fingerprint density at radius 2 is 2.31 bits per heavy atom. The molecular formula is C11H14FN. The Bertz CT molecular complexity index is 298. The Morgan fingerprint density at radius 1 is 1.46 bits per heavy atom. The van der Waals surface area contributed by atoms with Crippen molar-refractivity contribution >= 4 is 0 Å². The molecule has 0 aromatic heterocycles. The second-order valence-electron chi connectivity index (χ2n) is 3.86. The predicted octanol–water partition coefficient (Wildman–Crippen LogP) is 2.50. The smallest absolute Gasteiger partial charge is 0.123 e. The zero-order valence-electron chi connectivity index (χ0n) is 7.76. The van der Waals surface area contributed by atoms with Crippen molar-refractivity contribution in [2.75, 3.05) is 6.54 Å². The highest BCUT2D eigenvalue weighted by atomic mass is 19.1. The third kappa shape index (κ3) is 1.89. The molecule has 0 unspecified atom stereocenters. The minimum atomic E-state index is -0.140. The van der Waals surface area contributed by atoms with E-state index in [4.69, 9.17) is 0 Å². The molecule has 2 heteroatoms. The van der Waals surface area contributed by atoms with E-state index in [9.17, 15) is 4.39 Å². The molecule has 1 aromatic carbocycles. The van der Waals surface area contributed by atoms with Gasteiger partial charge in [-0.1, -0.05) is 19.1 Å². The number of benzene rings is 1. The number of hydrogen-bond donors (Lipinski definition) is 1. The molecule has 70 valence electrons. The topological polar surface area (TPSA) is 12.0 Å². The van der Waals surface area contributed by atoms with Crippen LogP contribution in [0.3, 0.4) is 0 Å². The van der Waals surface area contributed by atoms with E-state index in [1.54, 1.807) is 12.1 Å². The molecule has 0 aliphatic carbocycles. The fourth-order valence-electron chi connectivity index (χ4n) is 1.89. The molecule has 1 fully saturated rings. The summed E-state index contributed by atoms with van der Waals surface area (Å²) < 4.78 is 12.9. The number of hydrogen-bond acceptors (Lipinski definition) is 1. The van der Waals surface area contributed by atoms with Crippen LogP contribution in [-0.2, 0) is 0 Å². The predicted molar refractivity (Wildman–Crippen MR) is 50.9 cm³/mol. The van der Waals surface area contributed by atoms with Gasteiger partial charge in [-0.05, 0) is 36.6 Å². The number of nitrogens with one attached hydrogen (secondary N) is 1. The summed E-state index contributed by atoms with van der Waals surface area (Å²) in [6.07, 6.45) is 1.11. The lowest BCUT2D eigenvalue weighted by atomic mass is 10.0. The first-order chi connectivity index (χ1) is 6.25. The lowest BCUT2D eigenvalue weighted by Crippen LogP contribution is -2.13. The first-order valence-corrected chi connectivity index (χ1v) is 4.74. The van der Waals surface area contributed by atoms with Gasteiger partial charge in [0.2, 0.25) is 0 Å². The number of rotatable bonds is 1. The summed E-state index contributed by atoms with van der Waals surface area (Å²) in [7, 11) is 0. The molecule has 1 N–H and O–H groups in total. The molecule has 0 radical (unpaired) electrons. The van der Waals surface area contributed by atoms with Crippen molar-refractivity contribution in [1.29, 1.82) is 0 Å². The maximum Gasteiger partial charge on any atom is 0.123 e. The summed E-state index contributed by atoms with van der Waals surface area (Å²) in [5.74, 6) is 0.562. The van der Waals surface area contributed by atoms with Crippen LogP contribution in [0.2, 0.25) is 0 Å². The minimum Gasteiger partial charge on any atom is -0.310 e. The molecule has 13 heavy (non-hydrogen) atoms. The minimum absolute atomic E-state index is 0.140. The van der Waals surface area contributed by atoms with E-state index >= 15 is 0 Å². The summed E-state index contributed by atoms with van der Waals surface area (Å²) in [5, 5.41) is 3.38. The van der Waals surface area contributed by atoms with Gasteiger partial charge in [-0.3, -0.25) is 0 Å². The Balaban J connectivity index is 2.16. The van der Waals surface area contributed by atoms with Gasteiger partial charge in [0.1, 0.15) is 5.82 Å². The fourth-order valence-corrected chi connectivity index (χ4v) is 1.89. The SMILES string of the molecule is C[C@H]1CN[C@H](c2cccc(F)c2)C1. The second-order valence-corrected chi connectivity index (χ2v) is 3.86. The van der Waals surface area contributed by atoms with Gasteiger partial charge >= 0.3 is 0 Å². The molecule has 0 spiro atoms. The van der Waals surface area contributed by atoms with E-state index in [-0.39, 0.29) is 5.82 Å². The van der Waals surface area contributed by atoms with E-state index < -0.39 is 0 Å². The first-order valence-electron chi connectivity index (χ1n) is 4.74. The van der Waals surface area contributed by atoms with Gasteiger partial charge in [-0.2, -0.15) is 0 Å². The molecule has 0 amide bonds. The van der Waals surface area contributed by atoms with Crippen molar-refractivity contribution < 1.29 is 4.39 Å². The van der Waals surface area contributed by atoms with Crippen LogP contribution in [0, 0.1) is 11.7 Å². The van der Waals surface area contributed by atoms with Crippen LogP contribution in [0.5, 0.6) is 0 Å². The van der Waals surface area contributed by atoms with E-state index in [1.807, 2.05) is 6.07 Å². The van der Waals surface area contributed by atoms with Crippen LogP contribution < -0.4 is 5.32 Å². The van der Waals surface area contributed by atoms with Crippen molar-refractivity contribution in [3.63, 3.8) is 0 Å². The quantitative estimate of drug-likeness (QED) is 0.698. The van der Waals surface area contributed by atoms with E-state index in [1.165, 1.54) is 6.07 Å². The van der Waals surface area contributed by atoms with E-state index in [0.717, 1.165) is 18.5 Å². The highest BCUT2D eigenvalue weighted by Crippen LogP contribution is 2.26. The van der Waals surface area contributed by atoms with Crippen LogP contribution in [0.4, 0.5) is 4.39 Å². The monoisotopic (exact) mass is 179 g/mol. The van der Waals surface area contributed by atoms with Crippen molar-refractivity contribution in [3.8, 4) is 0 Å². The van der Waals surface area contributed by atoms with Gasteiger partial charge in [0.05, 0.1) is 0 Å². The van der Waals surface area contributed by atoms with Crippen molar-refractivity contribution in [2.24, 2.45) is 5.92 Å². The second kappa shape index (κ2) is 3.46. The Morgan fingerprint density at radius 3 is 2.92 bits per heavy atom. The van der Waals surface area contributed by atoms with Gasteiger partial charge in [0.25, 0.3) is 0 Å². The van der Waals surface area contributed by atoms with Gasteiger partial charge < -0.3 is 5.32 Å². The summed E-state index contributed by atoms with van der Waals surface area (Å²) in [6, 6.07) is 7.22. The third-order valence-corrected chi connectivity index (χ3v) is 2.60. The van der Waals surface area contributed by atoms with Crippen LogP contribution in [-0.4, -0.2) is 6.54 Å². The van der Waals surface area contributed by atoms with Gasteiger partial charge in [0, 0.05) is 6.04 Å². The van der Waals surface area contributed by atoms with E-state index in [2.05, 4.69) is 12.2 Å². The lowest BCUT2D eigenvalue weighted by Gasteiger charge is -2.09. The number of halogens is 1. The summed E-state index contributed by atoms with van der Waals surface area (Å²) in [6.45, 7) is 3.26.